The molecular weight excluding hydrogens is 216 g/mol. The van der Waals surface area contributed by atoms with Crippen molar-refractivity contribution >= 4 is 33.8 Å². The average molecular weight is 224 g/mol. The number of rotatable bonds is 2. The molecule has 2 rings (SSSR count). The quantitative estimate of drug-likeness (QED) is 0.584. The van der Waals surface area contributed by atoms with Crippen LogP contribution in [-0.2, 0) is 0 Å². The lowest BCUT2D eigenvalue weighted by molar-refractivity contribution is 1.69. The molecule has 0 atom stereocenters. The van der Waals surface area contributed by atoms with Crippen LogP contribution in [0.4, 0.5) is 0 Å². The van der Waals surface area contributed by atoms with E-state index in [1.807, 2.05) is 6.07 Å². The Balaban J connectivity index is 2.36. The third kappa shape index (κ3) is 2.10. The molecule has 0 amide bonds. The first-order valence-corrected chi connectivity index (χ1v) is 6.55. The maximum atomic E-state index is 4.16. The minimum atomic E-state index is 1.24. The van der Waals surface area contributed by atoms with Gasteiger partial charge in [0.05, 0.1) is 4.21 Å². The van der Waals surface area contributed by atoms with Crippen LogP contribution in [-0.4, -0.2) is 0 Å². The predicted molar refractivity (Wildman–Crippen MR) is 64.6 cm³/mol. The summed E-state index contributed by atoms with van der Waals surface area (Å²) in [5, 5.41) is 0. The zero-order valence-electron chi connectivity index (χ0n) is 6.81. The highest BCUT2D eigenvalue weighted by molar-refractivity contribution is 8.69. The van der Waals surface area contributed by atoms with Gasteiger partial charge in [-0.25, -0.2) is 0 Å². The van der Waals surface area contributed by atoms with Crippen LogP contribution in [0.2, 0.25) is 0 Å². The summed E-state index contributed by atoms with van der Waals surface area (Å²) in [5.41, 5.74) is 1.28. The summed E-state index contributed by atoms with van der Waals surface area (Å²) in [7, 11) is 1.50. The van der Waals surface area contributed by atoms with E-state index in [1.165, 1.54) is 25.4 Å². The second kappa shape index (κ2) is 4.22. The van der Waals surface area contributed by atoms with Gasteiger partial charge in [-0.1, -0.05) is 41.1 Å². The molecule has 0 spiro atoms. The Morgan fingerprint density at radius 2 is 1.77 bits per heavy atom. The van der Waals surface area contributed by atoms with Gasteiger partial charge in [-0.2, -0.15) is 0 Å². The van der Waals surface area contributed by atoms with Crippen LogP contribution < -0.4 is 0 Å². The maximum absolute atomic E-state index is 4.16. The van der Waals surface area contributed by atoms with Crippen molar-refractivity contribution in [1.82, 2.24) is 0 Å². The molecule has 0 aliphatic carbocycles. The average Bonchev–Trinajstić information content (AvgIpc) is 2.67. The Morgan fingerprint density at radius 3 is 2.38 bits per heavy atom. The zero-order chi connectivity index (χ0) is 9.10. The van der Waals surface area contributed by atoms with Gasteiger partial charge in [0.1, 0.15) is 0 Å². The highest BCUT2D eigenvalue weighted by atomic mass is 33.1. The summed E-state index contributed by atoms with van der Waals surface area (Å²) in [4.78, 5) is 1.30. The Bertz CT molecular complexity index is 378. The lowest BCUT2D eigenvalue weighted by atomic mass is 10.2. The van der Waals surface area contributed by atoms with E-state index in [4.69, 9.17) is 0 Å². The second-order valence-corrected chi connectivity index (χ2v) is 5.09. The van der Waals surface area contributed by atoms with E-state index in [0.29, 0.717) is 0 Å². The predicted octanol–water partition coefficient (Wildman–Crippen LogP) is 4.35. The lowest BCUT2D eigenvalue weighted by Crippen LogP contribution is -1.67. The molecule has 0 saturated heterocycles. The topological polar surface area (TPSA) is 0 Å². The van der Waals surface area contributed by atoms with Gasteiger partial charge < -0.3 is 0 Å². The van der Waals surface area contributed by atoms with Crippen LogP contribution in [0.15, 0.2) is 46.7 Å². The van der Waals surface area contributed by atoms with Gasteiger partial charge in [-0.3, -0.25) is 0 Å². The van der Waals surface area contributed by atoms with E-state index in [-0.39, 0.29) is 0 Å². The summed E-state index contributed by atoms with van der Waals surface area (Å²) >= 11 is 5.94. The van der Waals surface area contributed by atoms with Crippen LogP contribution in [0.3, 0.4) is 0 Å². The monoisotopic (exact) mass is 224 g/mol. The highest BCUT2D eigenvalue weighted by Crippen LogP contribution is 2.34. The van der Waals surface area contributed by atoms with Gasteiger partial charge in [-0.05, 0) is 17.7 Å². The third-order valence-corrected chi connectivity index (χ3v) is 4.44. The zero-order valence-corrected chi connectivity index (χ0v) is 9.33. The molecule has 13 heavy (non-hydrogen) atoms. The lowest BCUT2D eigenvalue weighted by Gasteiger charge is -1.94. The first-order chi connectivity index (χ1) is 6.40. The van der Waals surface area contributed by atoms with Gasteiger partial charge in [0.25, 0.3) is 0 Å². The largest absolute Gasteiger partial charge is 0.128 e. The molecule has 0 N–H and O–H groups in total. The summed E-state index contributed by atoms with van der Waals surface area (Å²) in [6, 6.07) is 14.6. The van der Waals surface area contributed by atoms with Crippen LogP contribution >= 0.6 is 33.8 Å². The van der Waals surface area contributed by atoms with E-state index in [0.717, 1.165) is 0 Å². The smallest absolute Gasteiger partial charge is 0.0710 e. The molecule has 1 aromatic heterocycles. The van der Waals surface area contributed by atoms with Crippen LogP contribution in [0.5, 0.6) is 0 Å². The summed E-state index contributed by atoms with van der Waals surface area (Å²) in [6.07, 6.45) is 0. The van der Waals surface area contributed by atoms with E-state index in [2.05, 4.69) is 48.1 Å². The van der Waals surface area contributed by atoms with Crippen molar-refractivity contribution in [2.45, 2.75) is 4.21 Å². The van der Waals surface area contributed by atoms with Crippen molar-refractivity contribution < 1.29 is 0 Å². The molecular formula is C10H8S3. The molecule has 0 fully saturated rings. The molecule has 0 unspecified atom stereocenters. The van der Waals surface area contributed by atoms with Crippen molar-refractivity contribution in [3.05, 3.63) is 42.5 Å². The van der Waals surface area contributed by atoms with Gasteiger partial charge >= 0.3 is 0 Å². The standard InChI is InChI=1S/C10H8S3/c11-13-10-7-6-9(12-10)8-4-2-1-3-5-8/h1-7,11H. The number of thiophene rings is 1. The molecule has 0 radical (unpaired) electrons. The normalized spacial score (nSPS) is 10.2. The van der Waals surface area contributed by atoms with Crippen molar-refractivity contribution in [3.63, 3.8) is 0 Å². The van der Waals surface area contributed by atoms with Crippen molar-refractivity contribution in [2.75, 3.05) is 0 Å². The van der Waals surface area contributed by atoms with E-state index in [1.54, 1.807) is 11.3 Å². The molecule has 0 bridgehead atoms. The molecule has 1 heterocycles. The molecule has 2 aromatic rings. The fraction of sp³-hybridized carbons (Fsp3) is 0. The van der Waals surface area contributed by atoms with Gasteiger partial charge in [-0.15, -0.1) is 23.0 Å². The molecule has 1 aromatic carbocycles. The maximum Gasteiger partial charge on any atom is 0.0710 e. The highest BCUT2D eigenvalue weighted by Gasteiger charge is 2.00. The summed E-state index contributed by atoms with van der Waals surface area (Å²) < 4.78 is 1.24. The van der Waals surface area contributed by atoms with E-state index in [9.17, 15) is 0 Å². The van der Waals surface area contributed by atoms with Gasteiger partial charge in [0.2, 0.25) is 0 Å². The van der Waals surface area contributed by atoms with Gasteiger partial charge in [0, 0.05) is 4.88 Å². The van der Waals surface area contributed by atoms with Crippen molar-refractivity contribution in [1.29, 1.82) is 0 Å². The number of hydrogen-bond donors (Lipinski definition) is 1. The molecule has 3 heteroatoms. The van der Waals surface area contributed by atoms with E-state index >= 15 is 0 Å². The SMILES string of the molecule is SSc1ccc(-c2ccccc2)s1. The van der Waals surface area contributed by atoms with E-state index < -0.39 is 0 Å². The number of thiol groups is 1. The second-order valence-electron chi connectivity index (χ2n) is 2.58. The number of hydrogen-bond acceptors (Lipinski definition) is 3. The Kier molecular flexibility index (Phi) is 2.98. The van der Waals surface area contributed by atoms with Crippen LogP contribution in [0.1, 0.15) is 0 Å². The fourth-order valence-electron chi connectivity index (χ4n) is 1.13. The molecule has 0 saturated carbocycles. The molecule has 66 valence electrons. The first-order valence-electron chi connectivity index (χ1n) is 3.87. The molecule has 0 aliphatic heterocycles. The number of benzene rings is 1. The Labute approximate surface area is 90.8 Å². The minimum Gasteiger partial charge on any atom is -0.128 e. The Hall–Kier alpha value is -0.380. The third-order valence-electron chi connectivity index (χ3n) is 1.73. The molecule has 0 nitrogen and oxygen atoms in total. The van der Waals surface area contributed by atoms with Crippen molar-refractivity contribution in [3.8, 4) is 10.4 Å². The minimum absolute atomic E-state index is 1.24. The molecule has 0 aliphatic rings. The van der Waals surface area contributed by atoms with Crippen molar-refractivity contribution in [2.24, 2.45) is 0 Å². The fourth-order valence-corrected chi connectivity index (χ4v) is 2.93. The van der Waals surface area contributed by atoms with Crippen LogP contribution in [0, 0.1) is 0 Å². The summed E-state index contributed by atoms with van der Waals surface area (Å²) in [6.45, 7) is 0. The first kappa shape index (κ1) is 9.19. The summed E-state index contributed by atoms with van der Waals surface area (Å²) in [5.74, 6) is 0. The van der Waals surface area contributed by atoms with Gasteiger partial charge in [0.15, 0.2) is 0 Å². The Morgan fingerprint density at radius 1 is 1.00 bits per heavy atom. The van der Waals surface area contributed by atoms with Crippen LogP contribution in [0.25, 0.3) is 10.4 Å².